The number of aryl methyl sites for hydroxylation is 1. The number of rotatable bonds is 5. The van der Waals surface area contributed by atoms with Crippen LogP contribution in [-0.2, 0) is 6.42 Å². The lowest BCUT2D eigenvalue weighted by atomic mass is 10.1. The number of pyridine rings is 1. The summed E-state index contributed by atoms with van der Waals surface area (Å²) in [5, 5.41) is 3.83. The number of fused-ring (bicyclic) bond motifs is 6. The number of nitrogens with zero attached hydrogens (tertiary/aromatic N) is 2. The predicted molar refractivity (Wildman–Crippen MR) is 98.1 cm³/mol. The Balaban J connectivity index is 1.89. The van der Waals surface area contributed by atoms with Crippen LogP contribution in [0.2, 0.25) is 0 Å². The molecule has 116 valence electrons. The summed E-state index contributed by atoms with van der Waals surface area (Å²) in [6.07, 6.45) is 8.43. The van der Waals surface area contributed by atoms with E-state index < -0.39 is 0 Å². The zero-order chi connectivity index (χ0) is 15.6. The number of para-hydroxylation sites is 1. The molecule has 2 heteroatoms. The predicted octanol–water partition coefficient (Wildman–Crippen LogP) is 5.76. The van der Waals surface area contributed by atoms with Gasteiger partial charge in [-0.25, -0.2) is 4.98 Å². The Hall–Kier alpha value is -2.35. The molecule has 0 fully saturated rings. The number of hydrogen-bond acceptors (Lipinski definition) is 1. The fourth-order valence-electron chi connectivity index (χ4n) is 3.48. The molecule has 0 saturated heterocycles. The van der Waals surface area contributed by atoms with Crippen LogP contribution in [-0.4, -0.2) is 9.38 Å². The minimum Gasteiger partial charge on any atom is -0.299 e. The Labute approximate surface area is 136 Å². The van der Waals surface area contributed by atoms with Gasteiger partial charge in [-0.15, -0.1) is 0 Å². The van der Waals surface area contributed by atoms with E-state index in [2.05, 4.69) is 66.1 Å². The smallest absolute Gasteiger partial charge is 0.145 e. The Bertz CT molecular complexity index is 893. The minimum absolute atomic E-state index is 1.07. The average Bonchev–Trinajstić information content (AvgIpc) is 3.04. The molecular weight excluding hydrogens is 280 g/mol. The molecule has 2 aromatic carbocycles. The van der Waals surface area contributed by atoms with Gasteiger partial charge in [0.1, 0.15) is 5.65 Å². The van der Waals surface area contributed by atoms with Gasteiger partial charge in [0.25, 0.3) is 0 Å². The Morgan fingerprint density at radius 2 is 1.57 bits per heavy atom. The van der Waals surface area contributed by atoms with Gasteiger partial charge in [0.2, 0.25) is 0 Å². The molecule has 0 amide bonds. The lowest BCUT2D eigenvalue weighted by molar-refractivity contribution is 0.662. The van der Waals surface area contributed by atoms with Crippen LogP contribution in [0.1, 0.15) is 38.3 Å². The Morgan fingerprint density at radius 3 is 2.39 bits per heavy atom. The molecule has 0 saturated carbocycles. The summed E-state index contributed by atoms with van der Waals surface area (Å²) < 4.78 is 2.27. The summed E-state index contributed by atoms with van der Waals surface area (Å²) in [5.41, 5.74) is 3.54. The second-order valence-corrected chi connectivity index (χ2v) is 6.30. The van der Waals surface area contributed by atoms with Gasteiger partial charge < -0.3 is 0 Å². The molecule has 0 atom stereocenters. The molecule has 23 heavy (non-hydrogen) atoms. The van der Waals surface area contributed by atoms with Crippen molar-refractivity contribution in [2.24, 2.45) is 0 Å². The van der Waals surface area contributed by atoms with Crippen LogP contribution in [0.15, 0.2) is 54.7 Å². The van der Waals surface area contributed by atoms with Crippen molar-refractivity contribution in [2.75, 3.05) is 0 Å². The van der Waals surface area contributed by atoms with E-state index in [1.807, 2.05) is 0 Å². The molecule has 4 aromatic rings. The van der Waals surface area contributed by atoms with Crippen molar-refractivity contribution in [2.45, 2.75) is 39.0 Å². The molecule has 2 nitrogen and oxygen atoms in total. The molecule has 0 aliphatic carbocycles. The summed E-state index contributed by atoms with van der Waals surface area (Å²) >= 11 is 0. The van der Waals surface area contributed by atoms with Crippen LogP contribution < -0.4 is 0 Å². The molecule has 4 rings (SSSR count). The first-order valence-electron chi connectivity index (χ1n) is 8.66. The van der Waals surface area contributed by atoms with Gasteiger partial charge in [0.05, 0.1) is 11.2 Å². The van der Waals surface area contributed by atoms with Crippen molar-refractivity contribution < 1.29 is 0 Å². The molecule has 0 unspecified atom stereocenters. The molecule has 2 aromatic heterocycles. The van der Waals surface area contributed by atoms with Crippen molar-refractivity contribution >= 4 is 27.3 Å². The van der Waals surface area contributed by atoms with E-state index in [1.165, 1.54) is 53.1 Å². The third-order valence-electron chi connectivity index (χ3n) is 4.66. The largest absolute Gasteiger partial charge is 0.299 e. The van der Waals surface area contributed by atoms with Gasteiger partial charge in [-0.3, -0.25) is 4.40 Å². The fourth-order valence-corrected chi connectivity index (χ4v) is 3.48. The van der Waals surface area contributed by atoms with E-state index >= 15 is 0 Å². The SMILES string of the molecule is CCCCCCc1cn2c3ccccc3c3ccccc3c2n1. The van der Waals surface area contributed by atoms with Crippen LogP contribution in [0.5, 0.6) is 0 Å². The van der Waals surface area contributed by atoms with E-state index in [1.54, 1.807) is 0 Å². The molecule has 0 radical (unpaired) electrons. The number of hydrogen-bond donors (Lipinski definition) is 0. The van der Waals surface area contributed by atoms with Gasteiger partial charge in [0.15, 0.2) is 0 Å². The zero-order valence-corrected chi connectivity index (χ0v) is 13.6. The van der Waals surface area contributed by atoms with Crippen LogP contribution in [0.25, 0.3) is 27.3 Å². The first-order valence-corrected chi connectivity index (χ1v) is 8.66. The topological polar surface area (TPSA) is 17.3 Å². The highest BCUT2D eigenvalue weighted by Crippen LogP contribution is 2.29. The Morgan fingerprint density at radius 1 is 0.826 bits per heavy atom. The summed E-state index contributed by atoms with van der Waals surface area (Å²) in [7, 11) is 0. The van der Waals surface area contributed by atoms with Gasteiger partial charge in [-0.1, -0.05) is 68.7 Å². The monoisotopic (exact) mass is 302 g/mol. The minimum atomic E-state index is 1.07. The summed E-state index contributed by atoms with van der Waals surface area (Å²) in [6.45, 7) is 2.25. The number of aromatic nitrogens is 2. The van der Waals surface area contributed by atoms with Crippen LogP contribution in [0, 0.1) is 0 Å². The maximum absolute atomic E-state index is 4.95. The first-order chi connectivity index (χ1) is 11.4. The molecule has 0 aliphatic rings. The second kappa shape index (κ2) is 6.04. The number of unbranched alkanes of at least 4 members (excludes halogenated alkanes) is 3. The van der Waals surface area contributed by atoms with Crippen molar-refractivity contribution in [1.29, 1.82) is 0 Å². The standard InChI is InChI=1S/C21H22N2/c1-2-3-4-5-10-16-15-23-20-14-9-8-12-18(20)17-11-6-7-13-19(17)21(23)22-16/h6-9,11-15H,2-5,10H2,1H3. The maximum atomic E-state index is 4.95. The molecular formula is C21H22N2. The summed E-state index contributed by atoms with van der Waals surface area (Å²) in [6, 6.07) is 17.2. The molecule has 0 aliphatic heterocycles. The first kappa shape index (κ1) is 14.3. The highest BCUT2D eigenvalue weighted by molar-refractivity contribution is 6.11. The van der Waals surface area contributed by atoms with E-state index in [9.17, 15) is 0 Å². The van der Waals surface area contributed by atoms with Crippen molar-refractivity contribution in [3.05, 3.63) is 60.4 Å². The normalized spacial score (nSPS) is 11.7. The average molecular weight is 302 g/mol. The second-order valence-electron chi connectivity index (χ2n) is 6.30. The van der Waals surface area contributed by atoms with Crippen molar-refractivity contribution in [1.82, 2.24) is 9.38 Å². The zero-order valence-electron chi connectivity index (χ0n) is 13.6. The fraction of sp³-hybridized carbons (Fsp3) is 0.286. The summed E-state index contributed by atoms with van der Waals surface area (Å²) in [5.74, 6) is 0. The van der Waals surface area contributed by atoms with Gasteiger partial charge >= 0.3 is 0 Å². The number of benzene rings is 2. The lowest BCUT2D eigenvalue weighted by Gasteiger charge is -2.07. The van der Waals surface area contributed by atoms with Crippen LogP contribution in [0.4, 0.5) is 0 Å². The molecule has 0 N–H and O–H groups in total. The lowest BCUT2D eigenvalue weighted by Crippen LogP contribution is -1.89. The third kappa shape index (κ3) is 2.48. The van der Waals surface area contributed by atoms with E-state index in [0.29, 0.717) is 0 Å². The quantitative estimate of drug-likeness (QED) is 0.338. The van der Waals surface area contributed by atoms with Crippen molar-refractivity contribution in [3.63, 3.8) is 0 Å². The van der Waals surface area contributed by atoms with E-state index in [4.69, 9.17) is 4.98 Å². The summed E-state index contributed by atoms with van der Waals surface area (Å²) in [4.78, 5) is 4.95. The van der Waals surface area contributed by atoms with Gasteiger partial charge in [-0.2, -0.15) is 0 Å². The van der Waals surface area contributed by atoms with Gasteiger partial charge in [-0.05, 0) is 24.3 Å². The number of imidazole rings is 1. The highest BCUT2D eigenvalue weighted by atomic mass is 15.0. The maximum Gasteiger partial charge on any atom is 0.145 e. The molecule has 0 spiro atoms. The molecule has 2 heterocycles. The van der Waals surface area contributed by atoms with Crippen LogP contribution in [0.3, 0.4) is 0 Å². The van der Waals surface area contributed by atoms with Crippen LogP contribution >= 0.6 is 0 Å². The van der Waals surface area contributed by atoms with Gasteiger partial charge in [0, 0.05) is 17.0 Å². The Kier molecular flexibility index (Phi) is 3.74. The van der Waals surface area contributed by atoms with Crippen molar-refractivity contribution in [3.8, 4) is 0 Å². The van der Waals surface area contributed by atoms with E-state index in [-0.39, 0.29) is 0 Å². The van der Waals surface area contributed by atoms with E-state index in [0.717, 1.165) is 12.1 Å². The third-order valence-corrected chi connectivity index (χ3v) is 4.66. The highest BCUT2D eigenvalue weighted by Gasteiger charge is 2.10. The molecule has 0 bridgehead atoms.